The van der Waals surface area contributed by atoms with Crippen LogP contribution in [0.25, 0.3) is 16.7 Å². The largest absolute Gasteiger partial charge is 0.311 e. The van der Waals surface area contributed by atoms with Crippen LogP contribution in [0.2, 0.25) is 0 Å². The topological polar surface area (TPSA) is 12.0 Å². The zero-order valence-electron chi connectivity index (χ0n) is 19.4. The van der Waals surface area contributed by atoms with Gasteiger partial charge in [-0.15, -0.1) is 0 Å². The van der Waals surface area contributed by atoms with E-state index in [0.29, 0.717) is 49.6 Å². The summed E-state index contributed by atoms with van der Waals surface area (Å²) in [5.41, 5.74) is 5.92. The Hall–Kier alpha value is -2.26. The second-order valence-electron chi connectivity index (χ2n) is 10.4. The van der Waals surface area contributed by atoms with Crippen molar-refractivity contribution in [1.29, 1.82) is 0 Å². The Bertz CT molecular complexity index is 977. The number of allylic oxidation sites excluding steroid dienone is 3. The number of nitrogens with one attached hydrogen (secondary N) is 1. The van der Waals surface area contributed by atoms with Crippen LogP contribution in [0.5, 0.6) is 0 Å². The average molecular weight is 448 g/mol. The summed E-state index contributed by atoms with van der Waals surface area (Å²) in [6.45, 7) is 4.73. The number of rotatable bonds is 6. The quantitative estimate of drug-likeness (QED) is 0.449. The highest BCUT2D eigenvalue weighted by Gasteiger charge is 2.35. The molecule has 2 aromatic carbocycles. The molecule has 0 radical (unpaired) electrons. The fourth-order valence-corrected chi connectivity index (χ4v) is 6.07. The summed E-state index contributed by atoms with van der Waals surface area (Å²) < 4.78 is 26.9. The van der Waals surface area contributed by atoms with Crippen LogP contribution in [0, 0.1) is 11.8 Å². The van der Waals surface area contributed by atoms with Crippen LogP contribution >= 0.6 is 0 Å². The van der Waals surface area contributed by atoms with Crippen molar-refractivity contribution in [2.24, 2.45) is 11.8 Å². The molecular weight excluding hydrogens is 412 g/mol. The minimum atomic E-state index is -0.663. The molecule has 0 bridgehead atoms. The van der Waals surface area contributed by atoms with Crippen molar-refractivity contribution in [3.63, 3.8) is 0 Å². The van der Waals surface area contributed by atoms with E-state index in [1.54, 1.807) is 0 Å². The lowest BCUT2D eigenvalue weighted by molar-refractivity contribution is 0.333. The molecule has 3 heteroatoms. The van der Waals surface area contributed by atoms with E-state index in [-0.39, 0.29) is 0 Å². The zero-order chi connectivity index (χ0) is 22.8. The average Bonchev–Trinajstić information content (AvgIpc) is 3.59. The lowest BCUT2D eigenvalue weighted by Crippen LogP contribution is -2.28. The molecule has 0 spiro atoms. The normalized spacial score (nSPS) is 32.1. The second kappa shape index (κ2) is 9.93. The lowest BCUT2D eigenvalue weighted by atomic mass is 9.91. The zero-order valence-corrected chi connectivity index (χ0v) is 19.4. The van der Waals surface area contributed by atoms with Crippen molar-refractivity contribution < 1.29 is 8.78 Å². The Morgan fingerprint density at radius 3 is 2.18 bits per heavy atom. The molecule has 1 aliphatic heterocycles. The standard InChI is InChI=1S/C30H35F2N/c1-20(2-3-21-4-15-28(31)16-21)22-5-7-23(8-6-22)24-9-11-25(12-10-24)26-13-14-27(17-26)30-18-29(32)19-33-30/h2-3,5-12,21,26-30,33H,1,4,13-19H2/t21-,26?,27?,28-,29+,30-/m0/s1. The third-order valence-electron chi connectivity index (χ3n) is 8.10. The van der Waals surface area contributed by atoms with Gasteiger partial charge in [0.25, 0.3) is 0 Å². The van der Waals surface area contributed by atoms with E-state index in [0.717, 1.165) is 17.6 Å². The second-order valence-corrected chi connectivity index (χ2v) is 10.4. The molecule has 1 saturated heterocycles. The Labute approximate surface area is 197 Å². The van der Waals surface area contributed by atoms with Crippen molar-refractivity contribution >= 4 is 5.57 Å². The fourth-order valence-electron chi connectivity index (χ4n) is 6.07. The van der Waals surface area contributed by atoms with Gasteiger partial charge in [0.05, 0.1) is 0 Å². The van der Waals surface area contributed by atoms with Gasteiger partial charge < -0.3 is 5.32 Å². The molecule has 6 atom stereocenters. The van der Waals surface area contributed by atoms with Crippen molar-refractivity contribution in [3.8, 4) is 11.1 Å². The van der Waals surface area contributed by atoms with E-state index in [1.807, 2.05) is 0 Å². The smallest absolute Gasteiger partial charge is 0.114 e. The first-order chi connectivity index (χ1) is 16.0. The highest BCUT2D eigenvalue weighted by molar-refractivity contribution is 5.74. The maximum absolute atomic E-state index is 13.6. The van der Waals surface area contributed by atoms with E-state index in [4.69, 9.17) is 0 Å². The van der Waals surface area contributed by atoms with Gasteiger partial charge in [-0.1, -0.05) is 67.3 Å². The minimum Gasteiger partial charge on any atom is -0.311 e. The molecule has 174 valence electrons. The number of alkyl halides is 2. The number of hydrogen-bond acceptors (Lipinski definition) is 1. The van der Waals surface area contributed by atoms with Crippen molar-refractivity contribution in [2.75, 3.05) is 6.54 Å². The predicted molar refractivity (Wildman–Crippen MR) is 134 cm³/mol. The van der Waals surface area contributed by atoms with Gasteiger partial charge in [0.2, 0.25) is 0 Å². The van der Waals surface area contributed by atoms with Gasteiger partial charge in [0, 0.05) is 12.6 Å². The number of halogens is 2. The van der Waals surface area contributed by atoms with Crippen LogP contribution in [0.1, 0.15) is 62.0 Å². The summed E-state index contributed by atoms with van der Waals surface area (Å²) in [6.07, 6.45) is 9.42. The molecule has 5 rings (SSSR count). The van der Waals surface area contributed by atoms with Gasteiger partial charge in [-0.05, 0) is 90.5 Å². The molecule has 0 aromatic heterocycles. The summed E-state index contributed by atoms with van der Waals surface area (Å²) in [5, 5.41) is 3.39. The molecule has 1 N–H and O–H groups in total. The van der Waals surface area contributed by atoms with Crippen LogP contribution < -0.4 is 5.32 Å². The number of benzene rings is 2. The van der Waals surface area contributed by atoms with E-state index in [2.05, 4.69) is 72.6 Å². The maximum Gasteiger partial charge on any atom is 0.114 e. The van der Waals surface area contributed by atoms with Gasteiger partial charge in [-0.2, -0.15) is 0 Å². The van der Waals surface area contributed by atoms with Gasteiger partial charge in [-0.25, -0.2) is 8.78 Å². The third-order valence-corrected chi connectivity index (χ3v) is 8.10. The Morgan fingerprint density at radius 1 is 0.818 bits per heavy atom. The summed E-state index contributed by atoms with van der Waals surface area (Å²) in [7, 11) is 0. The summed E-state index contributed by atoms with van der Waals surface area (Å²) >= 11 is 0. The molecule has 3 fully saturated rings. The first-order valence-corrected chi connectivity index (χ1v) is 12.6. The molecule has 3 aliphatic rings. The van der Waals surface area contributed by atoms with E-state index in [1.165, 1.54) is 36.0 Å². The van der Waals surface area contributed by atoms with E-state index < -0.39 is 12.3 Å². The fraction of sp³-hybridized carbons (Fsp3) is 0.467. The van der Waals surface area contributed by atoms with E-state index >= 15 is 0 Å². The van der Waals surface area contributed by atoms with Crippen LogP contribution in [-0.4, -0.2) is 24.9 Å². The molecule has 2 aromatic rings. The summed E-state index contributed by atoms with van der Waals surface area (Å²) in [5.74, 6) is 1.55. The summed E-state index contributed by atoms with van der Waals surface area (Å²) in [4.78, 5) is 0. The monoisotopic (exact) mass is 447 g/mol. The predicted octanol–water partition coefficient (Wildman–Crippen LogP) is 7.64. The third kappa shape index (κ3) is 5.30. The lowest BCUT2D eigenvalue weighted by Gasteiger charge is -2.18. The van der Waals surface area contributed by atoms with Gasteiger partial charge in [0.15, 0.2) is 0 Å². The van der Waals surface area contributed by atoms with Crippen molar-refractivity contribution in [2.45, 2.75) is 69.2 Å². The first-order valence-electron chi connectivity index (χ1n) is 12.6. The molecule has 2 saturated carbocycles. The van der Waals surface area contributed by atoms with Crippen LogP contribution in [0.4, 0.5) is 8.78 Å². The Morgan fingerprint density at radius 2 is 1.55 bits per heavy atom. The van der Waals surface area contributed by atoms with Crippen molar-refractivity contribution in [1.82, 2.24) is 5.32 Å². The van der Waals surface area contributed by atoms with E-state index in [9.17, 15) is 8.78 Å². The minimum absolute atomic E-state index is 0.347. The number of hydrogen-bond donors (Lipinski definition) is 1. The molecule has 2 unspecified atom stereocenters. The van der Waals surface area contributed by atoms with Crippen LogP contribution in [0.15, 0.2) is 67.3 Å². The molecule has 1 heterocycles. The highest BCUT2D eigenvalue weighted by Crippen LogP contribution is 2.42. The van der Waals surface area contributed by atoms with Gasteiger partial charge >= 0.3 is 0 Å². The Kier molecular flexibility index (Phi) is 6.78. The maximum atomic E-state index is 13.6. The SMILES string of the molecule is C=C(C=C[C@H]1CC[C@H](F)C1)c1ccc(-c2ccc(C3CCC([C@@H]4C[C@@H](F)CN4)C3)cc2)cc1. The molecular formula is C30H35F2N. The van der Waals surface area contributed by atoms with Gasteiger partial charge in [0.1, 0.15) is 12.3 Å². The van der Waals surface area contributed by atoms with Crippen LogP contribution in [0.3, 0.4) is 0 Å². The van der Waals surface area contributed by atoms with Crippen LogP contribution in [-0.2, 0) is 0 Å². The molecule has 1 nitrogen and oxygen atoms in total. The Balaban J connectivity index is 1.18. The summed E-state index contributed by atoms with van der Waals surface area (Å²) in [6, 6.07) is 17.9. The van der Waals surface area contributed by atoms with Gasteiger partial charge in [-0.3, -0.25) is 0 Å². The highest BCUT2D eigenvalue weighted by atomic mass is 19.1. The first kappa shape index (κ1) is 22.5. The molecule has 2 aliphatic carbocycles. The molecule has 33 heavy (non-hydrogen) atoms. The van der Waals surface area contributed by atoms with Crippen molar-refractivity contribution in [3.05, 3.63) is 78.4 Å². The molecule has 0 amide bonds.